The molecule has 0 aliphatic heterocycles. The van der Waals surface area contributed by atoms with E-state index in [1.165, 1.54) is 22.3 Å². The molecule has 1 amide bonds. The average molecular weight is 277 g/mol. The zero-order valence-corrected chi connectivity index (χ0v) is 13.8. The Morgan fingerprint density at radius 2 is 1.70 bits per heavy atom. The van der Waals surface area contributed by atoms with Crippen LogP contribution in [-0.2, 0) is 17.7 Å². The first-order valence-electron chi connectivity index (χ1n) is 7.17. The topological polar surface area (TPSA) is 29.5 Å². The van der Waals surface area contributed by atoms with Crippen LogP contribution in [0.15, 0.2) is 12.1 Å². The fraction of sp³-hybridized carbons (Fsp3) is 0.588. The molecule has 0 bridgehead atoms. The Labute approximate surface area is 122 Å². The summed E-state index contributed by atoms with van der Waals surface area (Å²) in [6.45, 7) is 12.6. The molecule has 0 unspecified atom stereocenters. The minimum atomic E-state index is -0.456. The summed E-state index contributed by atoms with van der Waals surface area (Å²) in [6, 6.07) is 4.39. The van der Waals surface area contributed by atoms with E-state index >= 15 is 0 Å². The quantitative estimate of drug-likeness (QED) is 0.827. The lowest BCUT2D eigenvalue weighted by atomic mass is 9.98. The van der Waals surface area contributed by atoms with E-state index in [-0.39, 0.29) is 6.09 Å². The zero-order valence-electron chi connectivity index (χ0n) is 13.8. The highest BCUT2D eigenvalue weighted by Gasteiger charge is 2.20. The Bertz CT molecular complexity index is 486. The van der Waals surface area contributed by atoms with Gasteiger partial charge in [-0.15, -0.1) is 0 Å². The van der Waals surface area contributed by atoms with Crippen molar-refractivity contribution >= 4 is 6.09 Å². The molecule has 1 rings (SSSR count). The van der Waals surface area contributed by atoms with Gasteiger partial charge in [0.05, 0.1) is 0 Å². The molecule has 3 heteroatoms. The highest BCUT2D eigenvalue weighted by Crippen LogP contribution is 2.19. The Morgan fingerprint density at radius 3 is 2.20 bits per heavy atom. The second-order valence-corrected chi connectivity index (χ2v) is 6.40. The van der Waals surface area contributed by atoms with Gasteiger partial charge in [0.15, 0.2) is 0 Å². The first-order chi connectivity index (χ1) is 9.14. The van der Waals surface area contributed by atoms with Crippen LogP contribution in [0.25, 0.3) is 0 Å². The third-order valence-corrected chi connectivity index (χ3v) is 3.29. The Kier molecular flexibility index (Phi) is 5.21. The number of carbonyl (C=O) groups excluding carboxylic acids is 1. The maximum atomic E-state index is 12.0. The Balaban J connectivity index is 2.85. The fourth-order valence-corrected chi connectivity index (χ4v) is 2.16. The van der Waals surface area contributed by atoms with Crippen molar-refractivity contribution in [3.05, 3.63) is 34.4 Å². The molecule has 0 aliphatic carbocycles. The number of nitrogens with zero attached hydrogens (tertiary/aromatic N) is 1. The van der Waals surface area contributed by atoms with Crippen molar-refractivity contribution in [3.63, 3.8) is 0 Å². The number of aryl methyl sites for hydroxylation is 3. The second-order valence-electron chi connectivity index (χ2n) is 6.40. The van der Waals surface area contributed by atoms with Crippen molar-refractivity contribution in [1.82, 2.24) is 4.90 Å². The van der Waals surface area contributed by atoms with Crippen LogP contribution >= 0.6 is 0 Å². The van der Waals surface area contributed by atoms with Gasteiger partial charge in [0.2, 0.25) is 0 Å². The standard InChI is InChI=1S/C17H27NO2/c1-8-14-10-15(13(3)9-12(14)2)11-18(7)16(19)20-17(4,5)6/h9-10H,8,11H2,1-7H3. The summed E-state index contributed by atoms with van der Waals surface area (Å²) in [5, 5.41) is 0. The number of amides is 1. The predicted molar refractivity (Wildman–Crippen MR) is 83.0 cm³/mol. The van der Waals surface area contributed by atoms with Gasteiger partial charge >= 0.3 is 6.09 Å². The normalized spacial score (nSPS) is 11.3. The fourth-order valence-electron chi connectivity index (χ4n) is 2.16. The van der Waals surface area contributed by atoms with Gasteiger partial charge in [0, 0.05) is 13.6 Å². The van der Waals surface area contributed by atoms with Gasteiger partial charge in [-0.3, -0.25) is 0 Å². The van der Waals surface area contributed by atoms with Gasteiger partial charge in [-0.1, -0.05) is 19.1 Å². The van der Waals surface area contributed by atoms with E-state index in [1.807, 2.05) is 20.8 Å². The number of ether oxygens (including phenoxy) is 1. The molecule has 3 nitrogen and oxygen atoms in total. The summed E-state index contributed by atoms with van der Waals surface area (Å²) in [5.41, 5.74) is 4.59. The number of hydrogen-bond donors (Lipinski definition) is 0. The van der Waals surface area contributed by atoms with Crippen molar-refractivity contribution in [3.8, 4) is 0 Å². The second kappa shape index (κ2) is 6.29. The first kappa shape index (κ1) is 16.5. The first-order valence-corrected chi connectivity index (χ1v) is 7.17. The van der Waals surface area contributed by atoms with Crippen LogP contribution in [0.2, 0.25) is 0 Å². The molecule has 0 atom stereocenters. The van der Waals surface area contributed by atoms with Crippen LogP contribution in [0.4, 0.5) is 4.79 Å². The molecule has 0 spiro atoms. The Morgan fingerprint density at radius 1 is 1.15 bits per heavy atom. The van der Waals surface area contributed by atoms with Gasteiger partial charge < -0.3 is 9.64 Å². The summed E-state index contributed by atoms with van der Waals surface area (Å²) in [4.78, 5) is 13.6. The van der Waals surface area contributed by atoms with Crippen molar-refractivity contribution in [2.45, 2.75) is 60.1 Å². The third-order valence-electron chi connectivity index (χ3n) is 3.29. The molecule has 112 valence electrons. The van der Waals surface area contributed by atoms with E-state index in [0.29, 0.717) is 6.54 Å². The lowest BCUT2D eigenvalue weighted by Gasteiger charge is -2.25. The molecule has 0 fully saturated rings. The van der Waals surface area contributed by atoms with Crippen molar-refractivity contribution < 1.29 is 9.53 Å². The minimum absolute atomic E-state index is 0.282. The molecule has 1 aromatic carbocycles. The number of benzene rings is 1. The minimum Gasteiger partial charge on any atom is -0.444 e. The van der Waals surface area contributed by atoms with Crippen LogP contribution in [0.5, 0.6) is 0 Å². The van der Waals surface area contributed by atoms with Crippen LogP contribution < -0.4 is 0 Å². The van der Waals surface area contributed by atoms with E-state index in [1.54, 1.807) is 11.9 Å². The third kappa shape index (κ3) is 4.55. The predicted octanol–water partition coefficient (Wildman–Crippen LogP) is 4.23. The van der Waals surface area contributed by atoms with E-state index in [9.17, 15) is 4.79 Å². The van der Waals surface area contributed by atoms with E-state index in [2.05, 4.69) is 32.9 Å². The molecule has 0 heterocycles. The SMILES string of the molecule is CCc1cc(CN(C)C(=O)OC(C)(C)C)c(C)cc1C. The lowest BCUT2D eigenvalue weighted by Crippen LogP contribution is -2.34. The average Bonchev–Trinajstić information content (AvgIpc) is 2.30. The highest BCUT2D eigenvalue weighted by atomic mass is 16.6. The molecule has 0 aliphatic rings. The number of rotatable bonds is 3. The molecule has 1 aromatic rings. The van der Waals surface area contributed by atoms with E-state index < -0.39 is 5.60 Å². The van der Waals surface area contributed by atoms with E-state index in [0.717, 1.165) is 6.42 Å². The molecule has 0 saturated carbocycles. The zero-order chi connectivity index (χ0) is 15.5. The largest absolute Gasteiger partial charge is 0.444 e. The van der Waals surface area contributed by atoms with E-state index in [4.69, 9.17) is 4.74 Å². The van der Waals surface area contributed by atoms with Crippen LogP contribution in [-0.4, -0.2) is 23.6 Å². The maximum Gasteiger partial charge on any atom is 0.410 e. The molecule has 0 saturated heterocycles. The van der Waals surface area contributed by atoms with Crippen molar-refractivity contribution in [2.75, 3.05) is 7.05 Å². The van der Waals surface area contributed by atoms with Crippen LogP contribution in [0.1, 0.15) is 49.9 Å². The number of carbonyl (C=O) groups is 1. The summed E-state index contributed by atoms with van der Waals surface area (Å²) in [6.07, 6.45) is 0.727. The van der Waals surface area contributed by atoms with Gasteiger partial charge in [-0.2, -0.15) is 0 Å². The van der Waals surface area contributed by atoms with Crippen molar-refractivity contribution in [1.29, 1.82) is 0 Å². The monoisotopic (exact) mass is 277 g/mol. The highest BCUT2D eigenvalue weighted by molar-refractivity contribution is 5.67. The number of hydrogen-bond acceptors (Lipinski definition) is 2. The molecule has 0 N–H and O–H groups in total. The summed E-state index contributed by atoms with van der Waals surface area (Å²) >= 11 is 0. The molecule has 0 aromatic heterocycles. The molecule has 0 radical (unpaired) electrons. The molecule has 20 heavy (non-hydrogen) atoms. The smallest absolute Gasteiger partial charge is 0.410 e. The van der Waals surface area contributed by atoms with Crippen molar-refractivity contribution in [2.24, 2.45) is 0 Å². The molecular weight excluding hydrogens is 250 g/mol. The van der Waals surface area contributed by atoms with Crippen LogP contribution in [0, 0.1) is 13.8 Å². The van der Waals surface area contributed by atoms with Gasteiger partial charge in [0.1, 0.15) is 5.60 Å². The van der Waals surface area contributed by atoms with Gasteiger partial charge in [-0.05, 0) is 63.3 Å². The molecular formula is C17H27NO2. The van der Waals surface area contributed by atoms with Gasteiger partial charge in [0.25, 0.3) is 0 Å². The lowest BCUT2D eigenvalue weighted by molar-refractivity contribution is 0.0285. The maximum absolute atomic E-state index is 12.0. The summed E-state index contributed by atoms with van der Waals surface area (Å²) in [7, 11) is 1.78. The van der Waals surface area contributed by atoms with Crippen LogP contribution in [0.3, 0.4) is 0 Å². The summed E-state index contributed by atoms with van der Waals surface area (Å²) in [5.74, 6) is 0. The Hall–Kier alpha value is -1.51. The van der Waals surface area contributed by atoms with Gasteiger partial charge in [-0.25, -0.2) is 4.79 Å². The summed E-state index contributed by atoms with van der Waals surface area (Å²) < 4.78 is 5.38.